The van der Waals surface area contributed by atoms with Crippen molar-refractivity contribution in [2.24, 2.45) is 0 Å². The molecule has 2 heterocycles. The average molecular weight is 415 g/mol. The summed E-state index contributed by atoms with van der Waals surface area (Å²) in [4.78, 5) is 16.7. The van der Waals surface area contributed by atoms with Crippen molar-refractivity contribution < 1.29 is 22.4 Å². The highest BCUT2D eigenvalue weighted by Gasteiger charge is 2.33. The molecule has 2 aromatic carbocycles. The van der Waals surface area contributed by atoms with Gasteiger partial charge < -0.3 is 10.6 Å². The van der Waals surface area contributed by atoms with Crippen LogP contribution in [0, 0.1) is 5.82 Å². The normalized spacial score (nSPS) is 11.5. The van der Waals surface area contributed by atoms with Crippen LogP contribution in [0.1, 0.15) is 15.9 Å². The molecule has 30 heavy (non-hydrogen) atoms. The van der Waals surface area contributed by atoms with Crippen molar-refractivity contribution in [1.29, 1.82) is 0 Å². The van der Waals surface area contributed by atoms with E-state index in [9.17, 15) is 22.4 Å². The summed E-state index contributed by atoms with van der Waals surface area (Å²) >= 11 is 0. The molecule has 0 fully saturated rings. The lowest BCUT2D eigenvalue weighted by atomic mass is 10.1. The third kappa shape index (κ3) is 3.93. The lowest BCUT2D eigenvalue weighted by Crippen LogP contribution is -2.15. The van der Waals surface area contributed by atoms with Gasteiger partial charge in [0.15, 0.2) is 0 Å². The zero-order valence-corrected chi connectivity index (χ0v) is 15.1. The van der Waals surface area contributed by atoms with Crippen molar-refractivity contribution in [2.45, 2.75) is 6.18 Å². The predicted molar refractivity (Wildman–Crippen MR) is 103 cm³/mol. The molecule has 10 heteroatoms. The average Bonchev–Trinajstić information content (AvgIpc) is 3.15. The lowest BCUT2D eigenvalue weighted by molar-refractivity contribution is -0.136. The maximum atomic E-state index is 13.4. The number of H-pyrrole nitrogens is 1. The first-order valence-corrected chi connectivity index (χ1v) is 8.63. The van der Waals surface area contributed by atoms with Gasteiger partial charge in [-0.2, -0.15) is 18.3 Å². The summed E-state index contributed by atoms with van der Waals surface area (Å²) in [5.74, 6) is -1.13. The van der Waals surface area contributed by atoms with Crippen molar-refractivity contribution in [3.63, 3.8) is 0 Å². The fourth-order valence-electron chi connectivity index (χ4n) is 2.97. The topological polar surface area (TPSA) is 82.7 Å². The summed E-state index contributed by atoms with van der Waals surface area (Å²) in [5, 5.41) is 11.4. The molecule has 0 atom stereocenters. The van der Waals surface area contributed by atoms with E-state index in [0.29, 0.717) is 5.69 Å². The summed E-state index contributed by atoms with van der Waals surface area (Å²) in [6.45, 7) is 0. The van der Waals surface area contributed by atoms with Crippen molar-refractivity contribution in [1.82, 2.24) is 15.2 Å². The van der Waals surface area contributed by atoms with Crippen molar-refractivity contribution in [2.75, 3.05) is 10.6 Å². The molecule has 6 nitrogen and oxygen atoms in total. The van der Waals surface area contributed by atoms with Gasteiger partial charge in [0, 0.05) is 23.0 Å². The molecule has 0 aliphatic rings. The summed E-state index contributed by atoms with van der Waals surface area (Å²) in [6.07, 6.45) is -0.818. The van der Waals surface area contributed by atoms with Crippen LogP contribution < -0.4 is 10.6 Å². The van der Waals surface area contributed by atoms with E-state index in [1.165, 1.54) is 42.7 Å². The number of rotatable bonds is 4. The number of aromatic nitrogens is 3. The molecule has 0 aliphatic heterocycles. The summed E-state index contributed by atoms with van der Waals surface area (Å²) in [6, 6.07) is 9.19. The number of fused-ring (bicyclic) bond motifs is 1. The second-order valence-corrected chi connectivity index (χ2v) is 6.36. The highest BCUT2D eigenvalue weighted by Crippen LogP contribution is 2.36. The number of halogens is 4. The van der Waals surface area contributed by atoms with E-state index in [2.05, 4.69) is 25.8 Å². The largest absolute Gasteiger partial charge is 0.417 e. The highest BCUT2D eigenvalue weighted by atomic mass is 19.4. The Balaban J connectivity index is 1.65. The third-order valence-electron chi connectivity index (χ3n) is 4.29. The van der Waals surface area contributed by atoms with Crippen LogP contribution in [0.3, 0.4) is 0 Å². The number of nitrogens with one attached hydrogen (secondary N) is 3. The summed E-state index contributed by atoms with van der Waals surface area (Å²) < 4.78 is 53.5. The van der Waals surface area contributed by atoms with Gasteiger partial charge in [0.05, 0.1) is 34.7 Å². The minimum atomic E-state index is -4.62. The molecule has 2 aromatic heterocycles. The molecule has 4 rings (SSSR count). The molecule has 0 spiro atoms. The molecule has 0 radical (unpaired) electrons. The SMILES string of the molecule is O=C(Nc1cc(C(F)(F)F)c2cn[nH]c2c1)c1ccncc1Nc1cccc(F)c1. The van der Waals surface area contributed by atoms with Crippen LogP contribution in [0.4, 0.5) is 34.6 Å². The van der Waals surface area contributed by atoms with Gasteiger partial charge in [-0.05, 0) is 36.4 Å². The van der Waals surface area contributed by atoms with E-state index in [1.54, 1.807) is 6.07 Å². The quantitative estimate of drug-likeness (QED) is 0.405. The zero-order valence-electron chi connectivity index (χ0n) is 15.1. The minimum Gasteiger partial charge on any atom is -0.354 e. The Labute approximate surface area is 166 Å². The summed E-state index contributed by atoms with van der Waals surface area (Å²) in [7, 11) is 0. The Bertz CT molecular complexity index is 1240. The second kappa shape index (κ2) is 7.47. The first kappa shape index (κ1) is 19.4. The van der Waals surface area contributed by atoms with E-state index >= 15 is 0 Å². The van der Waals surface area contributed by atoms with Gasteiger partial charge in [0.1, 0.15) is 5.82 Å². The number of hydrogen-bond donors (Lipinski definition) is 3. The van der Waals surface area contributed by atoms with E-state index in [-0.39, 0.29) is 27.8 Å². The van der Waals surface area contributed by atoms with Crippen LogP contribution in [-0.2, 0) is 6.18 Å². The first-order chi connectivity index (χ1) is 14.3. The number of aromatic amines is 1. The van der Waals surface area contributed by atoms with E-state index < -0.39 is 23.5 Å². The monoisotopic (exact) mass is 415 g/mol. The summed E-state index contributed by atoms with van der Waals surface area (Å²) in [5.41, 5.74) is -0.0791. The standard InChI is InChI=1S/C20H13F4N5O/c21-11-2-1-3-12(6-11)27-18-10-25-5-4-14(18)19(30)28-13-7-16(20(22,23)24)15-9-26-29-17(15)8-13/h1-10,27H,(H,26,29)(H,28,30). The maximum absolute atomic E-state index is 13.4. The second-order valence-electron chi connectivity index (χ2n) is 6.36. The first-order valence-electron chi connectivity index (χ1n) is 8.63. The molecule has 0 saturated carbocycles. The van der Waals surface area contributed by atoms with Gasteiger partial charge in [0.25, 0.3) is 5.91 Å². The number of carbonyl (C=O) groups is 1. The number of anilines is 3. The Hall–Kier alpha value is -3.95. The number of amides is 1. The van der Waals surface area contributed by atoms with Gasteiger partial charge in [0.2, 0.25) is 0 Å². The van der Waals surface area contributed by atoms with Crippen LogP contribution in [0.25, 0.3) is 10.9 Å². The Morgan fingerprint density at radius 3 is 2.63 bits per heavy atom. The Morgan fingerprint density at radius 1 is 1.03 bits per heavy atom. The number of nitrogens with zero attached hydrogens (tertiary/aromatic N) is 2. The fraction of sp³-hybridized carbons (Fsp3) is 0.0500. The van der Waals surface area contributed by atoms with Crippen molar-refractivity contribution in [3.05, 3.63) is 78.0 Å². The van der Waals surface area contributed by atoms with Crippen molar-refractivity contribution in [3.8, 4) is 0 Å². The van der Waals surface area contributed by atoms with Crippen LogP contribution >= 0.6 is 0 Å². The molecular formula is C20H13F4N5O. The van der Waals surface area contributed by atoms with E-state index in [0.717, 1.165) is 12.3 Å². The molecule has 0 unspecified atom stereocenters. The van der Waals surface area contributed by atoms with Gasteiger partial charge in [-0.25, -0.2) is 4.39 Å². The van der Waals surface area contributed by atoms with Gasteiger partial charge in [-0.1, -0.05) is 6.07 Å². The van der Waals surface area contributed by atoms with Crippen LogP contribution in [0.5, 0.6) is 0 Å². The van der Waals surface area contributed by atoms with Crippen LogP contribution in [0.15, 0.2) is 61.1 Å². The van der Waals surface area contributed by atoms with Crippen LogP contribution in [-0.4, -0.2) is 21.1 Å². The third-order valence-corrected chi connectivity index (χ3v) is 4.29. The molecule has 1 amide bonds. The minimum absolute atomic E-state index is 0.0578. The molecule has 4 aromatic rings. The molecule has 3 N–H and O–H groups in total. The number of alkyl halides is 3. The Morgan fingerprint density at radius 2 is 1.87 bits per heavy atom. The van der Waals surface area contributed by atoms with E-state index in [1.807, 2.05) is 0 Å². The maximum Gasteiger partial charge on any atom is 0.417 e. The molecule has 0 bridgehead atoms. The molecule has 0 aliphatic carbocycles. The number of pyridine rings is 1. The zero-order chi connectivity index (χ0) is 21.3. The Kier molecular flexibility index (Phi) is 4.82. The van der Waals surface area contributed by atoms with E-state index in [4.69, 9.17) is 0 Å². The van der Waals surface area contributed by atoms with Gasteiger partial charge in [-0.3, -0.25) is 14.9 Å². The number of benzene rings is 2. The number of hydrogen-bond acceptors (Lipinski definition) is 4. The molecule has 0 saturated heterocycles. The van der Waals surface area contributed by atoms with Gasteiger partial charge in [-0.15, -0.1) is 0 Å². The molecule has 152 valence electrons. The smallest absolute Gasteiger partial charge is 0.354 e. The van der Waals surface area contributed by atoms with Crippen molar-refractivity contribution >= 4 is 33.9 Å². The van der Waals surface area contributed by atoms with Gasteiger partial charge >= 0.3 is 6.18 Å². The molecular weight excluding hydrogens is 402 g/mol. The van der Waals surface area contributed by atoms with Crippen LogP contribution in [0.2, 0.25) is 0 Å². The predicted octanol–water partition coefficient (Wildman–Crippen LogP) is 5.11. The number of carbonyl (C=O) groups excluding carboxylic acids is 1. The highest BCUT2D eigenvalue weighted by molar-refractivity contribution is 6.09. The fourth-order valence-corrected chi connectivity index (χ4v) is 2.97. The lowest BCUT2D eigenvalue weighted by Gasteiger charge is -2.14.